The molecular formula is C13H15N. The smallest absolute Gasteiger partial charge is 0.0481 e. The molecule has 0 aliphatic heterocycles. The predicted molar refractivity (Wildman–Crippen MR) is 62.6 cm³/mol. The second-order valence-corrected chi connectivity index (χ2v) is 2.95. The molecule has 1 heteroatoms. The Morgan fingerprint density at radius 3 is 2.79 bits per heavy atom. The van der Waals surface area contributed by atoms with Crippen LogP contribution in [0.4, 0.5) is 0 Å². The van der Waals surface area contributed by atoms with E-state index in [9.17, 15) is 0 Å². The van der Waals surface area contributed by atoms with Gasteiger partial charge < -0.3 is 0 Å². The molecule has 0 saturated carbocycles. The molecule has 0 unspecified atom stereocenters. The predicted octanol–water partition coefficient (Wildman–Crippen LogP) is 3.34. The van der Waals surface area contributed by atoms with Crippen molar-refractivity contribution in [3.05, 3.63) is 48.0 Å². The van der Waals surface area contributed by atoms with E-state index in [-0.39, 0.29) is 0 Å². The molecule has 72 valence electrons. The van der Waals surface area contributed by atoms with Gasteiger partial charge >= 0.3 is 0 Å². The molecule has 0 radical (unpaired) electrons. The van der Waals surface area contributed by atoms with Crippen molar-refractivity contribution in [2.45, 2.75) is 13.3 Å². The van der Waals surface area contributed by atoms with Gasteiger partial charge in [-0.1, -0.05) is 49.4 Å². The Morgan fingerprint density at radius 2 is 2.07 bits per heavy atom. The lowest BCUT2D eigenvalue weighted by atomic mass is 10.2. The fourth-order valence-electron chi connectivity index (χ4n) is 0.995. The molecule has 0 N–H and O–H groups in total. The van der Waals surface area contributed by atoms with E-state index in [0.29, 0.717) is 0 Å². The molecule has 0 bridgehead atoms. The summed E-state index contributed by atoms with van der Waals surface area (Å²) in [4.78, 5) is 4.06. The maximum atomic E-state index is 4.06. The standard InChI is InChI=1S/C13H15N/c1-2-11-14-12-7-6-10-13-8-4-3-5-9-13/h3-10H,2,11H2,1H3/b10-6+. The monoisotopic (exact) mass is 185 g/mol. The van der Waals surface area contributed by atoms with Crippen LogP contribution in [-0.4, -0.2) is 12.4 Å². The Hall–Kier alpha value is -1.59. The average Bonchev–Trinajstić information content (AvgIpc) is 2.25. The molecule has 0 saturated heterocycles. The zero-order chi connectivity index (χ0) is 10.1. The van der Waals surface area contributed by atoms with E-state index in [1.165, 1.54) is 5.56 Å². The van der Waals surface area contributed by atoms with E-state index in [0.717, 1.165) is 13.0 Å². The van der Waals surface area contributed by atoms with E-state index in [4.69, 9.17) is 0 Å². The molecule has 0 heterocycles. The minimum Gasteiger partial charge on any atom is -0.243 e. The quantitative estimate of drug-likeness (QED) is 0.504. The summed E-state index contributed by atoms with van der Waals surface area (Å²) in [6.45, 7) is 2.96. The summed E-state index contributed by atoms with van der Waals surface area (Å²) in [5, 5.41) is 0. The number of hydrogen-bond acceptors (Lipinski definition) is 1. The van der Waals surface area contributed by atoms with Crippen LogP contribution in [0.1, 0.15) is 18.9 Å². The second-order valence-electron chi connectivity index (χ2n) is 2.95. The van der Waals surface area contributed by atoms with Gasteiger partial charge in [-0.05, 0) is 23.9 Å². The highest BCUT2D eigenvalue weighted by molar-refractivity contribution is 5.60. The van der Waals surface area contributed by atoms with Crippen LogP contribution < -0.4 is 0 Å². The van der Waals surface area contributed by atoms with Crippen LogP contribution in [0.5, 0.6) is 0 Å². The Labute approximate surface area is 85.5 Å². The van der Waals surface area contributed by atoms with Gasteiger partial charge in [0.05, 0.1) is 0 Å². The maximum Gasteiger partial charge on any atom is 0.0481 e. The molecule has 0 amide bonds. The van der Waals surface area contributed by atoms with Crippen molar-refractivity contribution in [2.75, 3.05) is 6.54 Å². The number of rotatable bonds is 4. The lowest BCUT2D eigenvalue weighted by Crippen LogP contribution is -1.71. The SMILES string of the molecule is CCCN=C=C/C=C/c1ccccc1. The van der Waals surface area contributed by atoms with E-state index in [2.05, 4.69) is 29.9 Å². The first kappa shape index (κ1) is 10.5. The Bertz CT molecular complexity index is 330. The second kappa shape index (κ2) is 6.88. The molecule has 1 rings (SSSR count). The van der Waals surface area contributed by atoms with Gasteiger partial charge in [0.15, 0.2) is 0 Å². The highest BCUT2D eigenvalue weighted by atomic mass is 14.7. The van der Waals surface area contributed by atoms with Crippen LogP contribution in [0.2, 0.25) is 0 Å². The highest BCUT2D eigenvalue weighted by Crippen LogP contribution is 1.99. The van der Waals surface area contributed by atoms with Gasteiger partial charge in [-0.25, -0.2) is 4.99 Å². The molecule has 0 fully saturated rings. The summed E-state index contributed by atoms with van der Waals surface area (Å²) in [5.41, 5.74) is 1.20. The van der Waals surface area contributed by atoms with E-state index >= 15 is 0 Å². The lowest BCUT2D eigenvalue weighted by Gasteiger charge is -1.87. The Kier molecular flexibility index (Phi) is 5.15. The van der Waals surface area contributed by atoms with Gasteiger partial charge in [0.2, 0.25) is 0 Å². The fourth-order valence-corrected chi connectivity index (χ4v) is 0.995. The Balaban J connectivity index is 2.45. The first-order valence-electron chi connectivity index (χ1n) is 4.90. The fraction of sp³-hybridized carbons (Fsp3) is 0.231. The number of hydrogen-bond donors (Lipinski definition) is 0. The summed E-state index contributed by atoms with van der Waals surface area (Å²) in [5.74, 6) is 2.87. The van der Waals surface area contributed by atoms with Crippen molar-refractivity contribution in [1.29, 1.82) is 0 Å². The van der Waals surface area contributed by atoms with E-state index in [1.54, 1.807) is 0 Å². The van der Waals surface area contributed by atoms with Crippen LogP contribution in [0.3, 0.4) is 0 Å². The number of benzene rings is 1. The van der Waals surface area contributed by atoms with Gasteiger partial charge in [0.25, 0.3) is 0 Å². The van der Waals surface area contributed by atoms with Gasteiger partial charge in [0.1, 0.15) is 0 Å². The summed E-state index contributed by atoms with van der Waals surface area (Å²) >= 11 is 0. The minimum absolute atomic E-state index is 0.857. The molecule has 0 aromatic heterocycles. The summed E-state index contributed by atoms with van der Waals surface area (Å²) < 4.78 is 0. The van der Waals surface area contributed by atoms with Crippen LogP contribution in [0.25, 0.3) is 6.08 Å². The summed E-state index contributed by atoms with van der Waals surface area (Å²) in [6.07, 6.45) is 6.90. The third-order valence-corrected chi connectivity index (χ3v) is 1.69. The number of aliphatic imine (C=N–C) groups is 1. The van der Waals surface area contributed by atoms with Gasteiger partial charge in [-0.15, -0.1) is 0 Å². The van der Waals surface area contributed by atoms with Crippen LogP contribution in [0, 0.1) is 0 Å². The van der Waals surface area contributed by atoms with Crippen molar-refractivity contribution in [2.24, 2.45) is 4.99 Å². The Morgan fingerprint density at radius 1 is 1.29 bits per heavy atom. The molecule has 14 heavy (non-hydrogen) atoms. The minimum atomic E-state index is 0.857. The van der Waals surface area contributed by atoms with Crippen molar-refractivity contribution < 1.29 is 0 Å². The third kappa shape index (κ3) is 4.44. The lowest BCUT2D eigenvalue weighted by molar-refractivity contribution is 0.939. The maximum absolute atomic E-state index is 4.06. The van der Waals surface area contributed by atoms with Crippen LogP contribution in [-0.2, 0) is 0 Å². The molecule has 1 aromatic carbocycles. The highest BCUT2D eigenvalue weighted by Gasteiger charge is 1.78. The van der Waals surface area contributed by atoms with Crippen LogP contribution in [0.15, 0.2) is 47.5 Å². The molecule has 1 nitrogen and oxygen atoms in total. The van der Waals surface area contributed by atoms with E-state index < -0.39 is 0 Å². The molecule has 0 spiro atoms. The molecular weight excluding hydrogens is 170 g/mol. The zero-order valence-electron chi connectivity index (χ0n) is 8.48. The molecule has 0 aliphatic rings. The van der Waals surface area contributed by atoms with Gasteiger partial charge in [0, 0.05) is 6.54 Å². The van der Waals surface area contributed by atoms with Gasteiger partial charge in [-0.3, -0.25) is 0 Å². The largest absolute Gasteiger partial charge is 0.243 e. The molecule has 0 aliphatic carbocycles. The normalized spacial score (nSPS) is 9.79. The molecule has 1 aromatic rings. The first-order valence-corrected chi connectivity index (χ1v) is 4.90. The van der Waals surface area contributed by atoms with Gasteiger partial charge in [-0.2, -0.15) is 0 Å². The van der Waals surface area contributed by atoms with Crippen LogP contribution >= 0.6 is 0 Å². The number of allylic oxidation sites excluding steroid dienone is 2. The van der Waals surface area contributed by atoms with Crippen molar-refractivity contribution in [1.82, 2.24) is 0 Å². The van der Waals surface area contributed by atoms with Crippen molar-refractivity contribution in [3.63, 3.8) is 0 Å². The average molecular weight is 185 g/mol. The zero-order valence-corrected chi connectivity index (χ0v) is 8.48. The summed E-state index contributed by atoms with van der Waals surface area (Å²) in [6, 6.07) is 10.2. The summed E-state index contributed by atoms with van der Waals surface area (Å²) in [7, 11) is 0. The molecule has 0 atom stereocenters. The topological polar surface area (TPSA) is 12.4 Å². The number of nitrogens with zero attached hydrogens (tertiary/aromatic N) is 1. The van der Waals surface area contributed by atoms with Crippen molar-refractivity contribution in [3.8, 4) is 0 Å². The first-order chi connectivity index (χ1) is 6.93. The van der Waals surface area contributed by atoms with E-state index in [1.807, 2.05) is 36.4 Å². The van der Waals surface area contributed by atoms with Crippen molar-refractivity contribution >= 4 is 11.9 Å². The third-order valence-electron chi connectivity index (χ3n) is 1.69.